The molecule has 2 aromatic rings. The summed E-state index contributed by atoms with van der Waals surface area (Å²) in [6, 6.07) is 16.9. The van der Waals surface area contributed by atoms with Gasteiger partial charge in [0.2, 0.25) is 5.91 Å². The molecule has 0 heterocycles. The van der Waals surface area contributed by atoms with Gasteiger partial charge in [0.05, 0.1) is 12.5 Å². The third-order valence-electron chi connectivity index (χ3n) is 3.16. The molecule has 0 aromatic heterocycles. The molecule has 1 atom stereocenters. The SMILES string of the molecule is O=C(Cc1ccccc1Cl)NCC(O)Cc1ccccc1. The summed E-state index contributed by atoms with van der Waals surface area (Å²) in [6.45, 7) is 0.234. The molecule has 0 saturated heterocycles. The highest BCUT2D eigenvalue weighted by molar-refractivity contribution is 6.31. The Morgan fingerprint density at radius 2 is 1.76 bits per heavy atom. The lowest BCUT2D eigenvalue weighted by molar-refractivity contribution is -0.120. The fraction of sp³-hybridized carbons (Fsp3) is 0.235. The van der Waals surface area contributed by atoms with E-state index in [0.29, 0.717) is 11.4 Å². The summed E-state index contributed by atoms with van der Waals surface area (Å²) >= 11 is 6.01. The predicted octanol–water partition coefficient (Wildman–Crippen LogP) is 2.60. The molecule has 0 aliphatic heterocycles. The van der Waals surface area contributed by atoms with Crippen LogP contribution in [0.3, 0.4) is 0 Å². The smallest absolute Gasteiger partial charge is 0.224 e. The van der Waals surface area contributed by atoms with Crippen LogP contribution in [0.4, 0.5) is 0 Å². The van der Waals surface area contributed by atoms with Gasteiger partial charge in [0.25, 0.3) is 0 Å². The van der Waals surface area contributed by atoms with E-state index >= 15 is 0 Å². The zero-order chi connectivity index (χ0) is 15.1. The van der Waals surface area contributed by atoms with Crippen LogP contribution in [0.5, 0.6) is 0 Å². The Balaban J connectivity index is 1.77. The average molecular weight is 304 g/mol. The van der Waals surface area contributed by atoms with E-state index in [1.54, 1.807) is 6.07 Å². The van der Waals surface area contributed by atoms with Crippen LogP contribution < -0.4 is 5.32 Å². The first-order chi connectivity index (χ1) is 10.1. The lowest BCUT2D eigenvalue weighted by atomic mass is 10.1. The van der Waals surface area contributed by atoms with E-state index in [4.69, 9.17) is 11.6 Å². The van der Waals surface area contributed by atoms with Gasteiger partial charge in [-0.2, -0.15) is 0 Å². The highest BCUT2D eigenvalue weighted by Crippen LogP contribution is 2.15. The van der Waals surface area contributed by atoms with Gasteiger partial charge in [0.15, 0.2) is 0 Å². The molecule has 1 amide bonds. The van der Waals surface area contributed by atoms with Gasteiger partial charge >= 0.3 is 0 Å². The van der Waals surface area contributed by atoms with Crippen molar-refractivity contribution in [1.82, 2.24) is 5.32 Å². The van der Waals surface area contributed by atoms with Crippen molar-refractivity contribution >= 4 is 17.5 Å². The lowest BCUT2D eigenvalue weighted by Crippen LogP contribution is -2.34. The van der Waals surface area contributed by atoms with Crippen LogP contribution in [0.15, 0.2) is 54.6 Å². The molecule has 110 valence electrons. The number of nitrogens with one attached hydrogen (secondary N) is 1. The van der Waals surface area contributed by atoms with Gasteiger partial charge in [-0.3, -0.25) is 4.79 Å². The van der Waals surface area contributed by atoms with Crippen LogP contribution in [-0.2, 0) is 17.6 Å². The topological polar surface area (TPSA) is 49.3 Å². The van der Waals surface area contributed by atoms with Crippen LogP contribution >= 0.6 is 11.6 Å². The van der Waals surface area contributed by atoms with E-state index in [1.165, 1.54) is 0 Å². The van der Waals surface area contributed by atoms with Crippen LogP contribution in [0, 0.1) is 0 Å². The molecule has 21 heavy (non-hydrogen) atoms. The molecule has 3 nitrogen and oxygen atoms in total. The minimum absolute atomic E-state index is 0.143. The summed E-state index contributed by atoms with van der Waals surface area (Å²) in [6.07, 6.45) is 0.146. The quantitative estimate of drug-likeness (QED) is 0.862. The monoisotopic (exact) mass is 303 g/mol. The summed E-state index contributed by atoms with van der Waals surface area (Å²) < 4.78 is 0. The second kappa shape index (κ2) is 7.81. The van der Waals surface area contributed by atoms with E-state index in [0.717, 1.165) is 11.1 Å². The molecule has 2 N–H and O–H groups in total. The van der Waals surface area contributed by atoms with Gasteiger partial charge in [0, 0.05) is 18.0 Å². The number of carbonyl (C=O) groups excluding carboxylic acids is 1. The predicted molar refractivity (Wildman–Crippen MR) is 84.3 cm³/mol. The molecule has 0 aliphatic carbocycles. The Hall–Kier alpha value is -1.84. The van der Waals surface area contributed by atoms with Crippen molar-refractivity contribution in [2.45, 2.75) is 18.9 Å². The molecule has 0 saturated carbocycles. The van der Waals surface area contributed by atoms with Crippen molar-refractivity contribution in [1.29, 1.82) is 0 Å². The van der Waals surface area contributed by atoms with Crippen molar-refractivity contribution < 1.29 is 9.90 Å². The molecular weight excluding hydrogens is 286 g/mol. The van der Waals surface area contributed by atoms with E-state index < -0.39 is 6.10 Å². The summed E-state index contributed by atoms with van der Waals surface area (Å²) in [7, 11) is 0. The van der Waals surface area contributed by atoms with Gasteiger partial charge in [-0.1, -0.05) is 60.1 Å². The van der Waals surface area contributed by atoms with Crippen molar-refractivity contribution in [2.75, 3.05) is 6.54 Å². The van der Waals surface area contributed by atoms with Gasteiger partial charge < -0.3 is 10.4 Å². The summed E-state index contributed by atoms with van der Waals surface area (Å²) in [5.74, 6) is -0.143. The average Bonchev–Trinajstić information content (AvgIpc) is 2.49. The molecule has 0 bridgehead atoms. The lowest BCUT2D eigenvalue weighted by Gasteiger charge is -2.12. The normalized spacial score (nSPS) is 11.9. The molecule has 4 heteroatoms. The maximum atomic E-state index is 11.8. The van der Waals surface area contributed by atoms with Gasteiger partial charge in [0.1, 0.15) is 0 Å². The van der Waals surface area contributed by atoms with E-state index in [2.05, 4.69) is 5.32 Å². The van der Waals surface area contributed by atoms with Gasteiger partial charge in [-0.05, 0) is 17.2 Å². The molecule has 0 radical (unpaired) electrons. The number of hydrogen-bond donors (Lipinski definition) is 2. The first kappa shape index (κ1) is 15.5. The van der Waals surface area contributed by atoms with Gasteiger partial charge in [-0.25, -0.2) is 0 Å². The minimum Gasteiger partial charge on any atom is -0.391 e. The molecule has 0 fully saturated rings. The Morgan fingerprint density at radius 1 is 1.10 bits per heavy atom. The highest BCUT2D eigenvalue weighted by Gasteiger charge is 2.10. The van der Waals surface area contributed by atoms with Crippen molar-refractivity contribution in [2.24, 2.45) is 0 Å². The molecule has 1 unspecified atom stereocenters. The third-order valence-corrected chi connectivity index (χ3v) is 3.53. The number of amides is 1. The Labute approximate surface area is 129 Å². The van der Waals surface area contributed by atoms with E-state index in [9.17, 15) is 9.90 Å². The number of halogens is 1. The summed E-state index contributed by atoms with van der Waals surface area (Å²) in [4.78, 5) is 11.8. The first-order valence-electron chi connectivity index (χ1n) is 6.87. The number of benzene rings is 2. The van der Waals surface area contributed by atoms with Crippen molar-refractivity contribution in [3.05, 3.63) is 70.7 Å². The number of aliphatic hydroxyl groups excluding tert-OH is 1. The largest absolute Gasteiger partial charge is 0.391 e. The van der Waals surface area contributed by atoms with Crippen LogP contribution in [-0.4, -0.2) is 23.7 Å². The minimum atomic E-state index is -0.595. The third kappa shape index (κ3) is 5.21. The number of carbonyl (C=O) groups is 1. The van der Waals surface area contributed by atoms with Crippen LogP contribution in [0.2, 0.25) is 5.02 Å². The molecule has 2 rings (SSSR count). The van der Waals surface area contributed by atoms with Crippen LogP contribution in [0.1, 0.15) is 11.1 Å². The Morgan fingerprint density at radius 3 is 2.48 bits per heavy atom. The maximum absolute atomic E-state index is 11.8. The number of hydrogen-bond acceptors (Lipinski definition) is 2. The fourth-order valence-corrected chi connectivity index (χ4v) is 2.27. The summed E-state index contributed by atoms with van der Waals surface area (Å²) in [5.41, 5.74) is 1.83. The number of rotatable bonds is 6. The zero-order valence-electron chi connectivity index (χ0n) is 11.6. The number of aliphatic hydroxyl groups is 1. The van der Waals surface area contributed by atoms with Crippen LogP contribution in [0.25, 0.3) is 0 Å². The van der Waals surface area contributed by atoms with Gasteiger partial charge in [-0.15, -0.1) is 0 Å². The molecular formula is C17H18ClNO2. The van der Waals surface area contributed by atoms with E-state index in [1.807, 2.05) is 48.5 Å². The maximum Gasteiger partial charge on any atom is 0.224 e. The van der Waals surface area contributed by atoms with Crippen molar-refractivity contribution in [3.63, 3.8) is 0 Å². The molecule has 0 spiro atoms. The second-order valence-electron chi connectivity index (χ2n) is 4.92. The molecule has 2 aromatic carbocycles. The Kier molecular flexibility index (Phi) is 5.78. The standard InChI is InChI=1S/C17H18ClNO2/c18-16-9-5-4-8-14(16)11-17(21)19-12-15(20)10-13-6-2-1-3-7-13/h1-9,15,20H,10-12H2,(H,19,21). The fourth-order valence-electron chi connectivity index (χ4n) is 2.07. The second-order valence-corrected chi connectivity index (χ2v) is 5.32. The molecule has 0 aliphatic rings. The first-order valence-corrected chi connectivity index (χ1v) is 7.25. The zero-order valence-corrected chi connectivity index (χ0v) is 12.4. The summed E-state index contributed by atoms with van der Waals surface area (Å²) in [5, 5.41) is 13.2. The highest BCUT2D eigenvalue weighted by atomic mass is 35.5. The Bertz CT molecular complexity index is 586. The van der Waals surface area contributed by atoms with Crippen molar-refractivity contribution in [3.8, 4) is 0 Å². The van der Waals surface area contributed by atoms with E-state index in [-0.39, 0.29) is 18.9 Å².